The number of para-hydroxylation sites is 2. The fourth-order valence-electron chi connectivity index (χ4n) is 3.49. The van der Waals surface area contributed by atoms with Gasteiger partial charge in [0.05, 0.1) is 18.0 Å². The highest BCUT2D eigenvalue weighted by Crippen LogP contribution is 2.35. The lowest BCUT2D eigenvalue weighted by Crippen LogP contribution is -2.50. The van der Waals surface area contributed by atoms with Crippen LogP contribution < -0.4 is 14.4 Å². The van der Waals surface area contributed by atoms with Crippen molar-refractivity contribution in [2.45, 2.75) is 26.5 Å². The van der Waals surface area contributed by atoms with Gasteiger partial charge in [0.2, 0.25) is 10.0 Å². The number of aromatic nitrogens is 2. The fraction of sp³-hybridized carbons (Fsp3) is 0.273. The summed E-state index contributed by atoms with van der Waals surface area (Å²) in [5.41, 5.74) is 2.36. The molecule has 1 aromatic heterocycles. The number of rotatable bonds is 6. The van der Waals surface area contributed by atoms with E-state index in [4.69, 9.17) is 4.74 Å². The van der Waals surface area contributed by atoms with Crippen LogP contribution in [0.4, 0.5) is 5.69 Å². The highest BCUT2D eigenvalue weighted by molar-refractivity contribution is 7.92. The largest absolute Gasteiger partial charge is 0.476 e. The van der Waals surface area contributed by atoms with E-state index in [1.807, 2.05) is 42.0 Å². The van der Waals surface area contributed by atoms with Crippen molar-refractivity contribution in [2.24, 2.45) is 0 Å². The number of carbonyl (C=O) groups excluding carboxylic acids is 1. The van der Waals surface area contributed by atoms with Crippen molar-refractivity contribution >= 4 is 21.6 Å². The van der Waals surface area contributed by atoms with E-state index in [9.17, 15) is 13.2 Å². The number of hydrogen-bond acceptors (Lipinski definition) is 5. The van der Waals surface area contributed by atoms with Gasteiger partial charge >= 0.3 is 0 Å². The van der Waals surface area contributed by atoms with E-state index >= 15 is 0 Å². The normalized spacial score (nSPS) is 15.8. The van der Waals surface area contributed by atoms with Crippen molar-refractivity contribution in [1.82, 2.24) is 14.9 Å². The average molecular weight is 441 g/mol. The quantitative estimate of drug-likeness (QED) is 0.635. The maximum Gasteiger partial charge on any atom is 0.263 e. The Bertz CT molecular complexity index is 1190. The first-order valence-electron chi connectivity index (χ1n) is 10.0. The van der Waals surface area contributed by atoms with Gasteiger partial charge in [-0.25, -0.2) is 13.4 Å². The summed E-state index contributed by atoms with van der Waals surface area (Å²) in [6.45, 7) is 3.76. The van der Waals surface area contributed by atoms with Crippen molar-refractivity contribution in [1.29, 1.82) is 0 Å². The third-order valence-electron chi connectivity index (χ3n) is 5.23. The molecule has 1 amide bonds. The zero-order valence-corrected chi connectivity index (χ0v) is 18.2. The number of carbonyl (C=O) groups is 1. The molecule has 31 heavy (non-hydrogen) atoms. The Morgan fingerprint density at radius 2 is 1.94 bits per heavy atom. The highest BCUT2D eigenvalue weighted by atomic mass is 32.2. The Hall–Kier alpha value is -3.33. The van der Waals surface area contributed by atoms with Crippen LogP contribution in [0.2, 0.25) is 0 Å². The van der Waals surface area contributed by atoms with E-state index in [1.165, 1.54) is 4.31 Å². The minimum Gasteiger partial charge on any atom is -0.476 e. The molecule has 3 aromatic rings. The summed E-state index contributed by atoms with van der Waals surface area (Å²) in [5, 5.41) is 2.85. The van der Waals surface area contributed by atoms with Gasteiger partial charge in [-0.3, -0.25) is 9.10 Å². The molecule has 1 aliphatic rings. The van der Waals surface area contributed by atoms with Crippen LogP contribution in [-0.4, -0.2) is 42.3 Å². The Balaban J connectivity index is 1.45. The number of sulfonamides is 1. The number of fused-ring (bicyclic) bond motifs is 1. The molecule has 1 atom stereocenters. The second-order valence-electron chi connectivity index (χ2n) is 7.23. The molecule has 0 spiro atoms. The number of ether oxygens (including phenoxy) is 1. The molecule has 0 saturated carbocycles. The molecule has 1 unspecified atom stereocenters. The van der Waals surface area contributed by atoms with Gasteiger partial charge in [0.1, 0.15) is 11.6 Å². The zero-order valence-electron chi connectivity index (χ0n) is 17.4. The van der Waals surface area contributed by atoms with Crippen LogP contribution in [0.25, 0.3) is 5.69 Å². The number of benzene rings is 2. The fourth-order valence-corrected chi connectivity index (χ4v) is 4.61. The smallest absolute Gasteiger partial charge is 0.263 e. The summed E-state index contributed by atoms with van der Waals surface area (Å²) >= 11 is 0. The van der Waals surface area contributed by atoms with Gasteiger partial charge < -0.3 is 14.6 Å². The second kappa shape index (κ2) is 8.43. The van der Waals surface area contributed by atoms with E-state index in [2.05, 4.69) is 10.3 Å². The van der Waals surface area contributed by atoms with Gasteiger partial charge in [0.25, 0.3) is 5.91 Å². The van der Waals surface area contributed by atoms with E-state index in [0.717, 1.165) is 17.1 Å². The van der Waals surface area contributed by atoms with Gasteiger partial charge in [0.15, 0.2) is 6.10 Å². The molecule has 2 aromatic carbocycles. The number of imidazole rings is 1. The lowest BCUT2D eigenvalue weighted by Gasteiger charge is -2.34. The number of anilines is 1. The maximum absolute atomic E-state index is 12.8. The monoisotopic (exact) mass is 440 g/mol. The Kier molecular flexibility index (Phi) is 5.69. The van der Waals surface area contributed by atoms with Gasteiger partial charge in [-0.05, 0) is 43.7 Å². The molecule has 0 saturated heterocycles. The maximum atomic E-state index is 12.8. The van der Waals surface area contributed by atoms with Crippen LogP contribution in [0.5, 0.6) is 5.75 Å². The van der Waals surface area contributed by atoms with E-state index < -0.39 is 16.1 Å². The number of nitrogens with one attached hydrogen (secondary N) is 1. The third-order valence-corrected chi connectivity index (χ3v) is 6.98. The van der Waals surface area contributed by atoms with E-state index in [-0.39, 0.29) is 18.2 Å². The molecule has 0 bridgehead atoms. The zero-order chi connectivity index (χ0) is 22.0. The Morgan fingerprint density at radius 3 is 2.61 bits per heavy atom. The molecular formula is C22H24N4O4S. The summed E-state index contributed by atoms with van der Waals surface area (Å²) in [4.78, 5) is 17.0. The molecule has 1 N–H and O–H groups in total. The average Bonchev–Trinajstić information content (AvgIpc) is 3.22. The SMILES string of the molecule is CCS(=O)(=O)N1CC(C(=O)NCc2ccc(-n3ccnc3C)cc2)Oc2ccccc21. The van der Waals surface area contributed by atoms with Crippen LogP contribution >= 0.6 is 0 Å². The van der Waals surface area contributed by atoms with E-state index in [0.29, 0.717) is 18.0 Å². The summed E-state index contributed by atoms with van der Waals surface area (Å²) in [7, 11) is -3.53. The molecular weight excluding hydrogens is 416 g/mol. The number of amides is 1. The molecule has 0 aliphatic carbocycles. The number of aryl methyl sites for hydroxylation is 1. The lowest BCUT2D eigenvalue weighted by molar-refractivity contribution is -0.127. The summed E-state index contributed by atoms with van der Waals surface area (Å²) in [5.74, 6) is 0.854. The predicted octanol–water partition coefficient (Wildman–Crippen LogP) is 2.41. The molecule has 9 heteroatoms. The van der Waals surface area contributed by atoms with Crippen LogP contribution in [0.3, 0.4) is 0 Å². The Morgan fingerprint density at radius 1 is 1.19 bits per heavy atom. The van der Waals surface area contributed by atoms with Crippen molar-refractivity contribution in [3.63, 3.8) is 0 Å². The molecule has 0 fully saturated rings. The first kappa shape index (κ1) is 20.9. The van der Waals surface area contributed by atoms with Crippen LogP contribution in [0, 0.1) is 6.92 Å². The van der Waals surface area contributed by atoms with Crippen LogP contribution in [0.15, 0.2) is 60.9 Å². The van der Waals surface area contributed by atoms with Gasteiger partial charge in [0, 0.05) is 24.6 Å². The van der Waals surface area contributed by atoms with Gasteiger partial charge in [-0.1, -0.05) is 24.3 Å². The number of nitrogens with zero attached hydrogens (tertiary/aromatic N) is 3. The van der Waals surface area contributed by atoms with Crippen molar-refractivity contribution in [3.8, 4) is 11.4 Å². The van der Waals surface area contributed by atoms with Crippen molar-refractivity contribution < 1.29 is 17.9 Å². The summed E-state index contributed by atoms with van der Waals surface area (Å²) in [6.07, 6.45) is 2.71. The molecule has 8 nitrogen and oxygen atoms in total. The first-order valence-corrected chi connectivity index (χ1v) is 11.6. The second-order valence-corrected chi connectivity index (χ2v) is 9.42. The predicted molar refractivity (Wildman–Crippen MR) is 118 cm³/mol. The van der Waals surface area contributed by atoms with E-state index in [1.54, 1.807) is 37.4 Å². The van der Waals surface area contributed by atoms with Gasteiger partial charge in [-0.15, -0.1) is 0 Å². The van der Waals surface area contributed by atoms with Crippen molar-refractivity contribution in [2.75, 3.05) is 16.6 Å². The first-order chi connectivity index (χ1) is 14.9. The minimum absolute atomic E-state index is 0.0571. The summed E-state index contributed by atoms with van der Waals surface area (Å²) < 4.78 is 34.1. The third kappa shape index (κ3) is 4.27. The summed E-state index contributed by atoms with van der Waals surface area (Å²) in [6, 6.07) is 14.6. The van der Waals surface area contributed by atoms with Crippen LogP contribution in [0.1, 0.15) is 18.3 Å². The topological polar surface area (TPSA) is 93.5 Å². The number of hydrogen-bond donors (Lipinski definition) is 1. The molecule has 4 rings (SSSR count). The minimum atomic E-state index is -3.53. The van der Waals surface area contributed by atoms with Crippen LogP contribution in [-0.2, 0) is 21.4 Å². The standard InChI is InChI=1S/C22H24N4O4S/c1-3-31(28,29)26-15-21(30-20-7-5-4-6-19(20)26)22(27)24-14-17-8-10-18(11-9-17)25-13-12-23-16(25)2/h4-13,21H,3,14-15H2,1-2H3,(H,24,27). The lowest BCUT2D eigenvalue weighted by atomic mass is 10.2. The molecule has 1 aliphatic heterocycles. The molecule has 0 radical (unpaired) electrons. The van der Waals surface area contributed by atoms with Crippen molar-refractivity contribution in [3.05, 3.63) is 72.3 Å². The molecule has 2 heterocycles. The highest BCUT2D eigenvalue weighted by Gasteiger charge is 2.35. The van der Waals surface area contributed by atoms with Gasteiger partial charge in [-0.2, -0.15) is 0 Å². The molecule has 162 valence electrons. The Labute approximate surface area is 181 Å².